The molecule has 2 aromatic heterocycles. The predicted octanol–water partition coefficient (Wildman–Crippen LogP) is 3.90. The van der Waals surface area contributed by atoms with Crippen LogP contribution in [-0.2, 0) is 4.79 Å². The Morgan fingerprint density at radius 3 is 2.96 bits per heavy atom. The molecule has 0 N–H and O–H groups in total. The van der Waals surface area contributed by atoms with Crippen molar-refractivity contribution >= 4 is 41.0 Å². The minimum atomic E-state index is -0.197. The Hall–Kier alpha value is -1.99. The molecule has 1 fully saturated rings. The van der Waals surface area contributed by atoms with Crippen molar-refractivity contribution in [2.24, 2.45) is 0 Å². The second-order valence-corrected chi connectivity index (χ2v) is 6.41. The summed E-state index contributed by atoms with van der Waals surface area (Å²) >= 11 is 1.02. The Bertz CT molecular complexity index is 790. The van der Waals surface area contributed by atoms with Gasteiger partial charge in [0.2, 0.25) is 0 Å². The monoisotopic (exact) mass is 381 g/mol. The van der Waals surface area contributed by atoms with Crippen molar-refractivity contribution in [1.29, 1.82) is 0 Å². The van der Waals surface area contributed by atoms with Crippen molar-refractivity contribution in [2.75, 3.05) is 13.2 Å². The van der Waals surface area contributed by atoms with Crippen molar-refractivity contribution in [2.45, 2.75) is 26.2 Å². The minimum absolute atomic E-state index is 0. The fraction of sp³-hybridized carbons (Fsp3) is 0.353. The van der Waals surface area contributed by atoms with Crippen molar-refractivity contribution in [3.63, 3.8) is 0 Å². The summed E-state index contributed by atoms with van der Waals surface area (Å²) in [7, 11) is 0. The van der Waals surface area contributed by atoms with Gasteiger partial charge in [-0.25, -0.2) is 4.98 Å². The molecule has 134 valence electrons. The Labute approximate surface area is 156 Å². The summed E-state index contributed by atoms with van der Waals surface area (Å²) < 4.78 is 7.62. The molecule has 0 radical (unpaired) electrons. The van der Waals surface area contributed by atoms with Gasteiger partial charge in [-0.3, -0.25) is 14.5 Å². The van der Waals surface area contributed by atoms with Crippen molar-refractivity contribution in [3.05, 3.63) is 41.7 Å². The summed E-state index contributed by atoms with van der Waals surface area (Å²) in [6, 6.07) is 3.74. The van der Waals surface area contributed by atoms with Gasteiger partial charge in [0.15, 0.2) is 11.4 Å². The van der Waals surface area contributed by atoms with Gasteiger partial charge in [0.05, 0.1) is 11.5 Å². The first kappa shape index (κ1) is 19.3. The van der Waals surface area contributed by atoms with E-state index in [2.05, 4.69) is 4.98 Å². The second kappa shape index (κ2) is 8.92. The fourth-order valence-electron chi connectivity index (χ4n) is 2.45. The van der Waals surface area contributed by atoms with E-state index >= 15 is 0 Å². The largest absolute Gasteiger partial charge is 0.490 e. The van der Waals surface area contributed by atoms with Crippen LogP contribution in [-0.4, -0.2) is 38.6 Å². The highest BCUT2D eigenvalue weighted by atomic mass is 35.5. The molecule has 6 nitrogen and oxygen atoms in total. The molecule has 2 amide bonds. The van der Waals surface area contributed by atoms with E-state index in [-0.39, 0.29) is 23.6 Å². The average Bonchev–Trinajstić information content (AvgIpc) is 3.16. The average molecular weight is 382 g/mol. The van der Waals surface area contributed by atoms with E-state index in [1.165, 1.54) is 4.90 Å². The normalized spacial score (nSPS) is 15.9. The Kier molecular flexibility index (Phi) is 6.90. The van der Waals surface area contributed by atoms with Gasteiger partial charge in [0.25, 0.3) is 11.1 Å². The summed E-state index contributed by atoms with van der Waals surface area (Å²) in [5.41, 5.74) is 0.756. The smallest absolute Gasteiger partial charge is 0.293 e. The number of carbonyl (C=O) groups is 2. The standard InChI is InChI=1S/C17H19N3O3S.ClH/c1-2-3-7-14-16(21)20(17(22)24-14)10-5-12-23-13-6-4-9-19-11-8-18-15(13)19;/h4,6-9,11H,2-3,5,10,12H2,1H3;1H/b14-7+;. The van der Waals surface area contributed by atoms with Crippen LogP contribution in [0.1, 0.15) is 26.2 Å². The molecule has 0 unspecified atom stereocenters. The van der Waals surface area contributed by atoms with E-state index in [1.54, 1.807) is 6.20 Å². The van der Waals surface area contributed by atoms with Crippen LogP contribution in [0.25, 0.3) is 5.65 Å². The lowest BCUT2D eigenvalue weighted by molar-refractivity contribution is -0.122. The summed E-state index contributed by atoms with van der Waals surface area (Å²) in [6.45, 7) is 2.83. The van der Waals surface area contributed by atoms with Gasteiger partial charge in [-0.2, -0.15) is 0 Å². The van der Waals surface area contributed by atoms with Crippen LogP contribution < -0.4 is 4.74 Å². The molecule has 1 aliphatic rings. The quantitative estimate of drug-likeness (QED) is 0.537. The van der Waals surface area contributed by atoms with E-state index in [4.69, 9.17) is 4.74 Å². The number of pyridine rings is 1. The number of hydrogen-bond donors (Lipinski definition) is 0. The number of aromatic nitrogens is 2. The Morgan fingerprint density at radius 1 is 1.32 bits per heavy atom. The lowest BCUT2D eigenvalue weighted by Crippen LogP contribution is -2.30. The molecule has 3 heterocycles. The third kappa shape index (κ3) is 4.35. The van der Waals surface area contributed by atoms with Gasteiger partial charge in [0, 0.05) is 25.1 Å². The lowest BCUT2D eigenvalue weighted by Gasteiger charge is -2.13. The molecule has 0 atom stereocenters. The van der Waals surface area contributed by atoms with Gasteiger partial charge in [-0.15, -0.1) is 12.4 Å². The fourth-order valence-corrected chi connectivity index (χ4v) is 3.32. The van der Waals surface area contributed by atoms with Gasteiger partial charge < -0.3 is 9.14 Å². The number of thioether (sulfide) groups is 1. The van der Waals surface area contributed by atoms with Crippen molar-refractivity contribution < 1.29 is 14.3 Å². The second-order valence-electron chi connectivity index (χ2n) is 5.41. The van der Waals surface area contributed by atoms with Crippen molar-refractivity contribution in [1.82, 2.24) is 14.3 Å². The zero-order chi connectivity index (χ0) is 16.9. The van der Waals surface area contributed by atoms with E-state index in [0.717, 1.165) is 30.3 Å². The molecule has 1 saturated heterocycles. The minimum Gasteiger partial charge on any atom is -0.490 e. The number of rotatable bonds is 7. The van der Waals surface area contributed by atoms with Crippen LogP contribution >= 0.6 is 24.2 Å². The molecular weight excluding hydrogens is 362 g/mol. The number of imide groups is 1. The first-order valence-corrected chi connectivity index (χ1v) is 8.80. The third-order valence-corrected chi connectivity index (χ3v) is 4.62. The van der Waals surface area contributed by atoms with Crippen LogP contribution in [0.2, 0.25) is 0 Å². The highest BCUT2D eigenvalue weighted by Gasteiger charge is 2.34. The molecule has 25 heavy (non-hydrogen) atoms. The Morgan fingerprint density at radius 2 is 2.16 bits per heavy atom. The number of amides is 2. The number of carbonyl (C=O) groups excluding carboxylic acids is 2. The summed E-state index contributed by atoms with van der Waals surface area (Å²) in [6.07, 6.45) is 9.67. The van der Waals surface area contributed by atoms with E-state index < -0.39 is 0 Å². The summed E-state index contributed by atoms with van der Waals surface area (Å²) in [5.74, 6) is 0.508. The maximum absolute atomic E-state index is 12.2. The number of halogens is 1. The molecule has 8 heteroatoms. The first-order valence-electron chi connectivity index (χ1n) is 7.99. The highest BCUT2D eigenvalue weighted by Crippen LogP contribution is 2.31. The molecule has 0 aromatic carbocycles. The van der Waals surface area contributed by atoms with E-state index in [9.17, 15) is 9.59 Å². The third-order valence-electron chi connectivity index (χ3n) is 3.66. The van der Waals surface area contributed by atoms with Gasteiger partial charge in [-0.1, -0.05) is 19.4 Å². The van der Waals surface area contributed by atoms with Crippen LogP contribution in [0, 0.1) is 0 Å². The maximum atomic E-state index is 12.2. The van der Waals surface area contributed by atoms with Crippen LogP contribution in [0.5, 0.6) is 5.75 Å². The van der Waals surface area contributed by atoms with Gasteiger partial charge in [-0.05, 0) is 36.7 Å². The van der Waals surface area contributed by atoms with Crippen molar-refractivity contribution in [3.8, 4) is 5.75 Å². The molecule has 0 bridgehead atoms. The summed E-state index contributed by atoms with van der Waals surface area (Å²) in [4.78, 5) is 30.2. The molecule has 2 aromatic rings. The predicted molar refractivity (Wildman–Crippen MR) is 100 cm³/mol. The SMILES string of the molecule is CCC/C=C1/SC(=O)N(CCCOc2cccn3ccnc23)C1=O.Cl. The number of hydrogen-bond acceptors (Lipinski definition) is 5. The summed E-state index contributed by atoms with van der Waals surface area (Å²) in [5, 5.41) is -0.197. The molecule has 0 spiro atoms. The number of ether oxygens (including phenoxy) is 1. The van der Waals surface area contributed by atoms with E-state index in [1.807, 2.05) is 41.9 Å². The first-order chi connectivity index (χ1) is 11.7. The molecule has 3 rings (SSSR count). The number of unbranched alkanes of at least 4 members (excludes halogenated alkanes) is 1. The van der Waals surface area contributed by atoms with Gasteiger partial charge in [0.1, 0.15) is 0 Å². The maximum Gasteiger partial charge on any atom is 0.293 e. The van der Waals surface area contributed by atoms with Crippen LogP contribution in [0.3, 0.4) is 0 Å². The molecule has 0 saturated carbocycles. The van der Waals surface area contributed by atoms with Crippen LogP contribution in [0.4, 0.5) is 4.79 Å². The molecular formula is C17H20ClN3O3S. The molecule has 0 aliphatic carbocycles. The number of fused-ring (bicyclic) bond motifs is 1. The number of allylic oxidation sites excluding steroid dienone is 1. The number of imidazole rings is 1. The molecule has 1 aliphatic heterocycles. The lowest BCUT2D eigenvalue weighted by atomic mass is 10.3. The Balaban J connectivity index is 0.00000225. The van der Waals surface area contributed by atoms with Gasteiger partial charge >= 0.3 is 0 Å². The zero-order valence-corrected chi connectivity index (χ0v) is 15.5. The van der Waals surface area contributed by atoms with E-state index in [0.29, 0.717) is 30.2 Å². The zero-order valence-electron chi connectivity index (χ0n) is 13.9. The van der Waals surface area contributed by atoms with Crippen LogP contribution in [0.15, 0.2) is 41.7 Å². The number of nitrogens with zero attached hydrogens (tertiary/aromatic N) is 3. The highest BCUT2D eigenvalue weighted by molar-refractivity contribution is 8.18. The topological polar surface area (TPSA) is 63.9 Å².